The molecule has 0 aliphatic heterocycles. The number of nitriles is 1. The second-order valence-corrected chi connectivity index (χ2v) is 4.16. The van der Waals surface area contributed by atoms with Gasteiger partial charge in [-0.25, -0.2) is 0 Å². The Morgan fingerprint density at radius 3 is 2.74 bits per heavy atom. The van der Waals surface area contributed by atoms with Crippen LogP contribution in [0.25, 0.3) is 0 Å². The number of nitrogens with one attached hydrogen (secondary N) is 1. The van der Waals surface area contributed by atoms with Crippen molar-refractivity contribution in [3.63, 3.8) is 0 Å². The molecule has 0 fully saturated rings. The van der Waals surface area contributed by atoms with Crippen molar-refractivity contribution < 1.29 is 17.9 Å². The summed E-state index contributed by atoms with van der Waals surface area (Å²) in [5.74, 6) is 0. The summed E-state index contributed by atoms with van der Waals surface area (Å²) in [6.45, 7) is -0.827. The number of benzene rings is 1. The molecule has 0 atom stereocenters. The lowest BCUT2D eigenvalue weighted by atomic mass is 10.2. The highest BCUT2D eigenvalue weighted by molar-refractivity contribution is 6.33. The quantitative estimate of drug-likeness (QED) is 0.815. The van der Waals surface area contributed by atoms with E-state index in [1.54, 1.807) is 18.2 Å². The lowest BCUT2D eigenvalue weighted by molar-refractivity contribution is -0.173. The molecule has 0 aliphatic carbocycles. The zero-order valence-electron chi connectivity index (χ0n) is 9.93. The van der Waals surface area contributed by atoms with E-state index in [0.717, 1.165) is 0 Å². The van der Waals surface area contributed by atoms with Gasteiger partial charge in [0.15, 0.2) is 0 Å². The average molecular weight is 293 g/mol. The van der Waals surface area contributed by atoms with Gasteiger partial charge in [0, 0.05) is 13.2 Å². The lowest BCUT2D eigenvalue weighted by Crippen LogP contribution is -2.18. The highest BCUT2D eigenvalue weighted by Gasteiger charge is 2.27. The maximum absolute atomic E-state index is 11.8. The Balaban J connectivity index is 2.28. The van der Waals surface area contributed by atoms with Gasteiger partial charge >= 0.3 is 6.18 Å². The molecule has 1 aromatic carbocycles. The maximum Gasteiger partial charge on any atom is 0.411 e. The topological polar surface area (TPSA) is 45.0 Å². The van der Waals surface area contributed by atoms with Crippen molar-refractivity contribution in [3.05, 3.63) is 28.8 Å². The Morgan fingerprint density at radius 1 is 1.37 bits per heavy atom. The molecule has 0 heterocycles. The van der Waals surface area contributed by atoms with Gasteiger partial charge in [-0.05, 0) is 24.6 Å². The molecular weight excluding hydrogens is 281 g/mol. The van der Waals surface area contributed by atoms with Crippen LogP contribution in [0.1, 0.15) is 12.0 Å². The van der Waals surface area contributed by atoms with Crippen LogP contribution < -0.4 is 5.32 Å². The fraction of sp³-hybridized carbons (Fsp3) is 0.417. The summed E-state index contributed by atoms with van der Waals surface area (Å²) in [7, 11) is 0. The molecule has 19 heavy (non-hydrogen) atoms. The summed E-state index contributed by atoms with van der Waals surface area (Å²) in [5.41, 5.74) is 1.04. The Morgan fingerprint density at radius 2 is 2.11 bits per heavy atom. The van der Waals surface area contributed by atoms with Gasteiger partial charge in [-0.15, -0.1) is 0 Å². The molecule has 1 aromatic rings. The van der Waals surface area contributed by atoms with Crippen LogP contribution in [0.4, 0.5) is 18.9 Å². The Kier molecular flexibility index (Phi) is 5.93. The van der Waals surface area contributed by atoms with E-state index < -0.39 is 12.8 Å². The largest absolute Gasteiger partial charge is 0.411 e. The van der Waals surface area contributed by atoms with E-state index >= 15 is 0 Å². The molecule has 0 bridgehead atoms. The van der Waals surface area contributed by atoms with Gasteiger partial charge < -0.3 is 10.1 Å². The Labute approximate surface area is 113 Å². The molecule has 1 N–H and O–H groups in total. The fourth-order valence-corrected chi connectivity index (χ4v) is 1.50. The SMILES string of the molecule is N#Cc1ccc(Cl)c(NCCCOCC(F)(F)F)c1. The van der Waals surface area contributed by atoms with E-state index in [1.807, 2.05) is 6.07 Å². The molecule has 0 radical (unpaired) electrons. The number of ether oxygens (including phenoxy) is 1. The molecule has 0 unspecified atom stereocenters. The molecule has 0 aliphatic rings. The first kappa shape index (κ1) is 15.6. The monoisotopic (exact) mass is 292 g/mol. The average Bonchev–Trinajstić information content (AvgIpc) is 2.34. The van der Waals surface area contributed by atoms with Crippen LogP contribution in [0, 0.1) is 11.3 Å². The van der Waals surface area contributed by atoms with Crippen LogP contribution in [0.15, 0.2) is 18.2 Å². The first-order valence-corrected chi connectivity index (χ1v) is 5.88. The Bertz CT molecular complexity index is 457. The third-order valence-corrected chi connectivity index (χ3v) is 2.47. The van der Waals surface area contributed by atoms with Crippen molar-refractivity contribution in [2.75, 3.05) is 25.1 Å². The van der Waals surface area contributed by atoms with E-state index in [4.69, 9.17) is 16.9 Å². The number of hydrogen-bond acceptors (Lipinski definition) is 3. The van der Waals surface area contributed by atoms with Gasteiger partial charge in [0.1, 0.15) is 6.61 Å². The predicted octanol–water partition coefficient (Wildman–Crippen LogP) is 3.59. The minimum Gasteiger partial charge on any atom is -0.384 e. The highest BCUT2D eigenvalue weighted by Crippen LogP contribution is 2.22. The van der Waals surface area contributed by atoms with E-state index in [-0.39, 0.29) is 6.61 Å². The molecule has 0 saturated carbocycles. The number of anilines is 1. The standard InChI is InChI=1S/C12H12ClF3N2O/c13-10-3-2-9(7-17)6-11(10)18-4-1-5-19-8-12(14,15)16/h2-3,6,18H,1,4-5,8H2. The molecule has 0 saturated heterocycles. The summed E-state index contributed by atoms with van der Waals surface area (Å²) >= 11 is 5.90. The highest BCUT2D eigenvalue weighted by atomic mass is 35.5. The van der Waals surface area contributed by atoms with Crippen molar-refractivity contribution in [1.29, 1.82) is 5.26 Å². The number of rotatable bonds is 6. The molecule has 3 nitrogen and oxygen atoms in total. The van der Waals surface area contributed by atoms with Gasteiger partial charge in [0.05, 0.1) is 22.3 Å². The first-order valence-electron chi connectivity index (χ1n) is 5.50. The maximum atomic E-state index is 11.8. The van der Waals surface area contributed by atoms with E-state index in [0.29, 0.717) is 29.2 Å². The molecule has 1 rings (SSSR count). The zero-order valence-corrected chi connectivity index (χ0v) is 10.7. The van der Waals surface area contributed by atoms with Crippen LogP contribution in [-0.2, 0) is 4.74 Å². The summed E-state index contributed by atoms with van der Waals surface area (Å²) < 4.78 is 39.8. The predicted molar refractivity (Wildman–Crippen MR) is 66.1 cm³/mol. The lowest BCUT2D eigenvalue weighted by Gasteiger charge is -2.10. The summed E-state index contributed by atoms with van der Waals surface area (Å²) in [6, 6.07) is 6.73. The van der Waals surface area contributed by atoms with Crippen LogP contribution in [0.5, 0.6) is 0 Å². The molecule has 7 heteroatoms. The minimum atomic E-state index is -4.29. The molecule has 0 aromatic heterocycles. The third-order valence-electron chi connectivity index (χ3n) is 2.14. The van der Waals surface area contributed by atoms with Crippen molar-refractivity contribution in [2.45, 2.75) is 12.6 Å². The summed E-state index contributed by atoms with van der Waals surface area (Å²) in [6.07, 6.45) is -3.89. The van der Waals surface area contributed by atoms with Crippen molar-refractivity contribution in [2.24, 2.45) is 0 Å². The van der Waals surface area contributed by atoms with E-state index in [2.05, 4.69) is 10.1 Å². The molecule has 104 valence electrons. The van der Waals surface area contributed by atoms with Gasteiger partial charge in [-0.1, -0.05) is 11.6 Å². The number of hydrogen-bond donors (Lipinski definition) is 1. The number of halogens is 4. The Hall–Kier alpha value is -1.45. The third kappa shape index (κ3) is 6.32. The van der Waals surface area contributed by atoms with Crippen LogP contribution in [0.3, 0.4) is 0 Å². The number of nitrogens with zero attached hydrogens (tertiary/aromatic N) is 1. The van der Waals surface area contributed by atoms with Crippen molar-refractivity contribution >= 4 is 17.3 Å². The van der Waals surface area contributed by atoms with Gasteiger partial charge in [-0.3, -0.25) is 0 Å². The van der Waals surface area contributed by atoms with Gasteiger partial charge in [-0.2, -0.15) is 18.4 Å². The van der Waals surface area contributed by atoms with Crippen LogP contribution in [0.2, 0.25) is 5.02 Å². The van der Waals surface area contributed by atoms with Crippen molar-refractivity contribution in [3.8, 4) is 6.07 Å². The van der Waals surface area contributed by atoms with Crippen LogP contribution >= 0.6 is 11.6 Å². The zero-order chi connectivity index (χ0) is 14.3. The summed E-state index contributed by atoms with van der Waals surface area (Å²) in [5, 5.41) is 12.1. The molecular formula is C12H12ClF3N2O. The number of alkyl halides is 3. The fourth-order valence-electron chi connectivity index (χ4n) is 1.32. The second kappa shape index (κ2) is 7.22. The minimum absolute atomic E-state index is 0.00205. The van der Waals surface area contributed by atoms with E-state index in [9.17, 15) is 13.2 Å². The first-order chi connectivity index (χ1) is 8.92. The van der Waals surface area contributed by atoms with Gasteiger partial charge in [0.25, 0.3) is 0 Å². The van der Waals surface area contributed by atoms with Crippen molar-refractivity contribution in [1.82, 2.24) is 0 Å². The smallest absolute Gasteiger partial charge is 0.384 e. The normalized spacial score (nSPS) is 11.1. The summed E-state index contributed by atoms with van der Waals surface area (Å²) in [4.78, 5) is 0. The molecule has 0 spiro atoms. The molecule has 0 amide bonds. The van der Waals surface area contributed by atoms with Gasteiger partial charge in [0.2, 0.25) is 0 Å². The second-order valence-electron chi connectivity index (χ2n) is 3.75. The van der Waals surface area contributed by atoms with Crippen LogP contribution in [-0.4, -0.2) is 25.9 Å². The van der Waals surface area contributed by atoms with E-state index in [1.165, 1.54) is 0 Å².